The Morgan fingerprint density at radius 3 is 2.30 bits per heavy atom. The van der Waals surface area contributed by atoms with Crippen molar-refractivity contribution in [2.24, 2.45) is 0 Å². The van der Waals surface area contributed by atoms with Crippen molar-refractivity contribution in [2.75, 3.05) is 18.1 Å². The van der Waals surface area contributed by atoms with Crippen molar-refractivity contribution in [3.8, 4) is 11.1 Å². The maximum Gasteiger partial charge on any atom is 0.414 e. The molecule has 0 atom stereocenters. The number of carboxylic acids is 1. The highest BCUT2D eigenvalue weighted by Crippen LogP contribution is 2.44. The summed E-state index contributed by atoms with van der Waals surface area (Å²) in [6.45, 7) is 0.672. The van der Waals surface area contributed by atoms with E-state index in [4.69, 9.17) is 16.3 Å². The quantitative estimate of drug-likeness (QED) is 0.621. The van der Waals surface area contributed by atoms with Crippen LogP contribution in [0.5, 0.6) is 0 Å². The summed E-state index contributed by atoms with van der Waals surface area (Å²) in [4.78, 5) is 25.7. The van der Waals surface area contributed by atoms with Crippen LogP contribution in [-0.4, -0.2) is 30.3 Å². The van der Waals surface area contributed by atoms with E-state index >= 15 is 0 Å². The number of halogens is 1. The van der Waals surface area contributed by atoms with Crippen LogP contribution in [0.3, 0.4) is 0 Å². The van der Waals surface area contributed by atoms with Gasteiger partial charge in [0, 0.05) is 12.5 Å². The zero-order valence-corrected chi connectivity index (χ0v) is 16.7. The number of hydrogen-bond donors (Lipinski definition) is 1. The van der Waals surface area contributed by atoms with E-state index in [1.807, 2.05) is 24.3 Å². The summed E-state index contributed by atoms with van der Waals surface area (Å²) in [6.07, 6.45) is 0.117. The van der Waals surface area contributed by atoms with E-state index in [9.17, 15) is 14.7 Å². The molecule has 1 heterocycles. The molecule has 0 aromatic heterocycles. The summed E-state index contributed by atoms with van der Waals surface area (Å²) in [7, 11) is 0. The van der Waals surface area contributed by atoms with Gasteiger partial charge in [-0.15, -0.1) is 0 Å². The van der Waals surface area contributed by atoms with Crippen LogP contribution in [0.2, 0.25) is 5.02 Å². The number of fused-ring (bicyclic) bond motifs is 4. The van der Waals surface area contributed by atoms with Gasteiger partial charge < -0.3 is 9.84 Å². The molecule has 1 N–H and O–H groups in total. The maximum absolute atomic E-state index is 12.9. The number of carbonyl (C=O) groups excluding carboxylic acids is 1. The van der Waals surface area contributed by atoms with E-state index in [-0.39, 0.29) is 23.1 Å². The third-order valence-corrected chi connectivity index (χ3v) is 6.16. The fourth-order valence-electron chi connectivity index (χ4n) is 4.44. The number of nitrogens with zero attached hydrogens (tertiary/aromatic N) is 1. The van der Waals surface area contributed by atoms with Gasteiger partial charge in [-0.2, -0.15) is 0 Å². The van der Waals surface area contributed by atoms with Gasteiger partial charge in [-0.25, -0.2) is 9.59 Å². The molecule has 150 valence electrons. The molecule has 1 aliphatic carbocycles. The highest BCUT2D eigenvalue weighted by atomic mass is 35.5. The van der Waals surface area contributed by atoms with Crippen LogP contribution >= 0.6 is 11.6 Å². The number of rotatable bonds is 3. The molecule has 1 amide bonds. The van der Waals surface area contributed by atoms with E-state index in [0.29, 0.717) is 18.7 Å². The van der Waals surface area contributed by atoms with Gasteiger partial charge in [-0.3, -0.25) is 4.90 Å². The number of ether oxygens (including phenoxy) is 1. The van der Waals surface area contributed by atoms with Crippen LogP contribution in [0.15, 0.2) is 60.7 Å². The van der Waals surface area contributed by atoms with E-state index < -0.39 is 12.1 Å². The van der Waals surface area contributed by atoms with Crippen LogP contribution < -0.4 is 4.90 Å². The van der Waals surface area contributed by atoms with Crippen LogP contribution in [-0.2, 0) is 11.2 Å². The van der Waals surface area contributed by atoms with Gasteiger partial charge >= 0.3 is 12.1 Å². The molecule has 5 rings (SSSR count). The first-order valence-electron chi connectivity index (χ1n) is 9.73. The van der Waals surface area contributed by atoms with E-state index in [1.165, 1.54) is 28.2 Å². The van der Waals surface area contributed by atoms with E-state index in [1.54, 1.807) is 0 Å². The Hall–Kier alpha value is -3.31. The molecule has 3 aromatic rings. The maximum atomic E-state index is 12.9. The minimum atomic E-state index is -1.08. The van der Waals surface area contributed by atoms with Crippen molar-refractivity contribution in [3.05, 3.63) is 87.9 Å². The largest absolute Gasteiger partial charge is 0.478 e. The Bertz CT molecular complexity index is 1140. The van der Waals surface area contributed by atoms with Crippen LogP contribution in [0.4, 0.5) is 10.5 Å². The number of carboxylic acid groups (broad SMARTS) is 1. The molecule has 0 radical (unpaired) electrons. The van der Waals surface area contributed by atoms with Gasteiger partial charge in [-0.05, 0) is 46.4 Å². The van der Waals surface area contributed by atoms with E-state index in [0.717, 1.165) is 16.7 Å². The minimum absolute atomic E-state index is 0.0126. The first-order valence-corrected chi connectivity index (χ1v) is 10.1. The second-order valence-electron chi connectivity index (χ2n) is 7.47. The molecule has 1 aliphatic heterocycles. The number of anilines is 1. The fourth-order valence-corrected chi connectivity index (χ4v) is 4.68. The smallest absolute Gasteiger partial charge is 0.414 e. The van der Waals surface area contributed by atoms with Crippen molar-refractivity contribution >= 4 is 29.4 Å². The lowest BCUT2D eigenvalue weighted by Gasteiger charge is -2.20. The predicted octanol–water partition coefficient (Wildman–Crippen LogP) is 5.35. The van der Waals surface area contributed by atoms with Crippen LogP contribution in [0.25, 0.3) is 11.1 Å². The molecule has 0 bridgehead atoms. The zero-order chi connectivity index (χ0) is 20.8. The van der Waals surface area contributed by atoms with Crippen molar-refractivity contribution in [2.45, 2.75) is 12.3 Å². The number of aromatic carboxylic acids is 1. The second kappa shape index (κ2) is 7.18. The highest BCUT2D eigenvalue weighted by molar-refractivity contribution is 6.34. The minimum Gasteiger partial charge on any atom is -0.478 e. The molecular formula is C24H18ClNO4. The summed E-state index contributed by atoms with van der Waals surface area (Å²) in [5.41, 5.74) is 6.10. The molecule has 0 spiro atoms. The molecule has 0 unspecified atom stereocenters. The lowest BCUT2D eigenvalue weighted by Crippen LogP contribution is -2.30. The van der Waals surface area contributed by atoms with Crippen LogP contribution in [0.1, 0.15) is 33.0 Å². The molecular weight excluding hydrogens is 402 g/mol. The molecule has 3 aromatic carbocycles. The zero-order valence-electron chi connectivity index (χ0n) is 16.0. The number of carbonyl (C=O) groups is 2. The Kier molecular flexibility index (Phi) is 4.48. The Labute approximate surface area is 178 Å². The van der Waals surface area contributed by atoms with Gasteiger partial charge in [0.1, 0.15) is 6.61 Å². The lowest BCUT2D eigenvalue weighted by atomic mass is 9.98. The summed E-state index contributed by atoms with van der Waals surface area (Å²) in [6, 6.07) is 19.4. The number of benzene rings is 3. The molecule has 30 heavy (non-hydrogen) atoms. The van der Waals surface area contributed by atoms with Crippen molar-refractivity contribution < 1.29 is 19.4 Å². The van der Waals surface area contributed by atoms with E-state index in [2.05, 4.69) is 24.3 Å². The van der Waals surface area contributed by atoms with Gasteiger partial charge in [-0.1, -0.05) is 60.1 Å². The third-order valence-electron chi connectivity index (χ3n) is 5.85. The first-order chi connectivity index (χ1) is 14.5. The summed E-state index contributed by atoms with van der Waals surface area (Å²) in [5, 5.41) is 9.36. The lowest BCUT2D eigenvalue weighted by molar-refractivity contribution is 0.0697. The number of hydrogen-bond acceptors (Lipinski definition) is 3. The molecule has 0 saturated heterocycles. The Morgan fingerprint density at radius 1 is 1.03 bits per heavy atom. The Balaban J connectivity index is 1.37. The summed E-state index contributed by atoms with van der Waals surface area (Å²) < 4.78 is 5.73. The summed E-state index contributed by atoms with van der Waals surface area (Å²) >= 11 is 6.11. The van der Waals surface area contributed by atoms with Gasteiger partial charge in [0.15, 0.2) is 0 Å². The molecule has 0 saturated carbocycles. The molecule has 0 fully saturated rings. The average Bonchev–Trinajstić information content (AvgIpc) is 3.30. The topological polar surface area (TPSA) is 66.8 Å². The van der Waals surface area contributed by atoms with Gasteiger partial charge in [0.2, 0.25) is 0 Å². The van der Waals surface area contributed by atoms with Crippen molar-refractivity contribution in [1.82, 2.24) is 0 Å². The van der Waals surface area contributed by atoms with Crippen LogP contribution in [0, 0.1) is 0 Å². The predicted molar refractivity (Wildman–Crippen MR) is 115 cm³/mol. The highest BCUT2D eigenvalue weighted by Gasteiger charge is 2.32. The first kappa shape index (κ1) is 18.7. The van der Waals surface area contributed by atoms with Gasteiger partial charge in [0.05, 0.1) is 16.3 Å². The normalized spacial score (nSPS) is 14.2. The third kappa shape index (κ3) is 2.94. The number of amides is 1. The second-order valence-corrected chi connectivity index (χ2v) is 7.88. The standard InChI is InChI=1S/C24H18ClNO4/c25-21-12-22-14(11-19(21)23(27)28)9-10-26(22)24(29)30-13-20-17-7-3-1-5-15(17)16-6-2-4-8-18(16)20/h1-8,11-12,20H,9-10,13H2,(H,27,28). The molecule has 2 aliphatic rings. The Morgan fingerprint density at radius 2 is 1.67 bits per heavy atom. The summed E-state index contributed by atoms with van der Waals surface area (Å²) in [5.74, 6) is -1.09. The molecule has 5 nitrogen and oxygen atoms in total. The van der Waals surface area contributed by atoms with Crippen molar-refractivity contribution in [3.63, 3.8) is 0 Å². The van der Waals surface area contributed by atoms with Crippen molar-refractivity contribution in [1.29, 1.82) is 0 Å². The van der Waals surface area contributed by atoms with Gasteiger partial charge in [0.25, 0.3) is 0 Å². The fraction of sp³-hybridized carbons (Fsp3) is 0.167. The average molecular weight is 420 g/mol. The molecule has 6 heteroatoms. The SMILES string of the molecule is O=C(O)c1cc2c(cc1Cl)N(C(=O)OCC1c3ccccc3-c3ccccc31)CC2. The monoisotopic (exact) mass is 419 g/mol.